The number of rotatable bonds is 4. The summed E-state index contributed by atoms with van der Waals surface area (Å²) in [5, 5.41) is 10.8. The van der Waals surface area contributed by atoms with Crippen molar-refractivity contribution >= 4 is 11.6 Å². The van der Waals surface area contributed by atoms with E-state index in [9.17, 15) is 14.7 Å². The molecule has 4 aliphatic carbocycles. The zero-order chi connectivity index (χ0) is 20.3. The summed E-state index contributed by atoms with van der Waals surface area (Å²) in [4.78, 5) is 25.9. The Bertz CT molecular complexity index is 642. The Morgan fingerprint density at radius 1 is 1.14 bits per heavy atom. The van der Waals surface area contributed by atoms with Crippen LogP contribution in [0.2, 0.25) is 0 Å². The van der Waals surface area contributed by atoms with Crippen LogP contribution < -0.4 is 0 Å². The fourth-order valence-corrected chi connectivity index (χ4v) is 8.67. The highest BCUT2D eigenvalue weighted by atomic mass is 16.3. The second-order valence-electron chi connectivity index (χ2n) is 11.3. The third kappa shape index (κ3) is 2.94. The van der Waals surface area contributed by atoms with Crippen LogP contribution in [0.4, 0.5) is 0 Å². The lowest BCUT2D eigenvalue weighted by Gasteiger charge is -2.61. The van der Waals surface area contributed by atoms with E-state index in [4.69, 9.17) is 0 Å². The Hall–Kier alpha value is -0.700. The Morgan fingerprint density at radius 2 is 1.89 bits per heavy atom. The predicted molar refractivity (Wildman–Crippen MR) is 111 cm³/mol. The van der Waals surface area contributed by atoms with Crippen molar-refractivity contribution in [3.8, 4) is 0 Å². The van der Waals surface area contributed by atoms with E-state index >= 15 is 0 Å². The van der Waals surface area contributed by atoms with Crippen molar-refractivity contribution in [1.82, 2.24) is 0 Å². The van der Waals surface area contributed by atoms with Gasteiger partial charge in [0.25, 0.3) is 0 Å². The number of carbonyl (C=O) groups excluding carboxylic acids is 2. The van der Waals surface area contributed by atoms with Crippen molar-refractivity contribution in [3.05, 3.63) is 0 Å². The van der Waals surface area contributed by atoms with Gasteiger partial charge in [0.2, 0.25) is 0 Å². The molecule has 0 saturated heterocycles. The van der Waals surface area contributed by atoms with E-state index in [1.165, 1.54) is 12.8 Å². The summed E-state index contributed by atoms with van der Waals surface area (Å²) >= 11 is 0. The van der Waals surface area contributed by atoms with Gasteiger partial charge in [0.1, 0.15) is 11.6 Å². The SMILES string of the molecule is CCCCC1C[C@@]2(C)C(CC[C@H]3[C@@H]4CC[C@H](C(C)=O)[C@@]4(C)CC(=O)[C@@H]32)CC1O. The summed E-state index contributed by atoms with van der Waals surface area (Å²) < 4.78 is 0. The van der Waals surface area contributed by atoms with Gasteiger partial charge in [-0.15, -0.1) is 0 Å². The van der Waals surface area contributed by atoms with Crippen molar-refractivity contribution in [2.45, 2.75) is 98.0 Å². The second kappa shape index (κ2) is 7.22. The minimum Gasteiger partial charge on any atom is -0.393 e. The molecule has 0 spiro atoms. The number of ketones is 2. The summed E-state index contributed by atoms with van der Waals surface area (Å²) in [6.45, 7) is 8.58. The van der Waals surface area contributed by atoms with Crippen LogP contribution in [0.1, 0.15) is 91.9 Å². The topological polar surface area (TPSA) is 54.4 Å². The number of hydrogen-bond donors (Lipinski definition) is 1. The van der Waals surface area contributed by atoms with E-state index in [1.807, 2.05) is 0 Å². The van der Waals surface area contributed by atoms with Gasteiger partial charge in [-0.05, 0) is 86.4 Å². The normalized spacial score (nSPS) is 50.6. The van der Waals surface area contributed by atoms with Gasteiger partial charge in [0, 0.05) is 18.3 Å². The molecule has 0 bridgehead atoms. The number of Topliss-reactive ketones (excluding diaryl/α,β-unsaturated/α-hetero) is 2. The molecule has 158 valence electrons. The number of aliphatic hydroxyl groups excluding tert-OH is 1. The van der Waals surface area contributed by atoms with Crippen molar-refractivity contribution in [2.75, 3.05) is 0 Å². The zero-order valence-electron chi connectivity index (χ0n) is 18.4. The average Bonchev–Trinajstić information content (AvgIpc) is 2.97. The first-order valence-corrected chi connectivity index (χ1v) is 11.9. The molecule has 0 aromatic carbocycles. The number of fused-ring (bicyclic) bond motifs is 5. The molecule has 4 rings (SSSR count). The minimum absolute atomic E-state index is 0.0489. The Balaban J connectivity index is 1.63. The molecule has 28 heavy (non-hydrogen) atoms. The van der Waals surface area contributed by atoms with Gasteiger partial charge in [-0.2, -0.15) is 0 Å². The van der Waals surface area contributed by atoms with Crippen LogP contribution in [-0.4, -0.2) is 22.8 Å². The van der Waals surface area contributed by atoms with E-state index < -0.39 is 0 Å². The highest BCUT2D eigenvalue weighted by Gasteiger charge is 2.64. The fraction of sp³-hybridized carbons (Fsp3) is 0.920. The summed E-state index contributed by atoms with van der Waals surface area (Å²) in [6, 6.07) is 0. The lowest BCUT2D eigenvalue weighted by Crippen LogP contribution is -2.59. The van der Waals surface area contributed by atoms with Crippen LogP contribution in [0.5, 0.6) is 0 Å². The molecule has 0 amide bonds. The van der Waals surface area contributed by atoms with Crippen LogP contribution in [-0.2, 0) is 9.59 Å². The summed E-state index contributed by atoms with van der Waals surface area (Å²) in [6.07, 6.45) is 10.1. The molecular formula is C25H40O3. The average molecular weight is 389 g/mol. The number of carbonyl (C=O) groups is 2. The Morgan fingerprint density at radius 3 is 2.57 bits per heavy atom. The molecule has 0 aromatic heterocycles. The molecule has 3 nitrogen and oxygen atoms in total. The lowest BCUT2D eigenvalue weighted by atomic mass is 9.43. The van der Waals surface area contributed by atoms with Crippen molar-refractivity contribution in [3.63, 3.8) is 0 Å². The summed E-state index contributed by atoms with van der Waals surface area (Å²) in [5.41, 5.74) is -0.0592. The maximum Gasteiger partial charge on any atom is 0.137 e. The standard InChI is InChI=1S/C25H40O3/c1-5-6-7-16-13-24(3)17(12-21(16)27)8-9-18-20-11-10-19(15(2)26)25(20,4)14-22(28)23(18)24/h16-21,23,27H,5-14H2,1-4H3/t16?,17?,18-,19+,20-,21?,23+,24-,25+/m0/s1. The molecule has 4 saturated carbocycles. The van der Waals surface area contributed by atoms with Gasteiger partial charge in [0.15, 0.2) is 0 Å². The fourth-order valence-electron chi connectivity index (χ4n) is 8.67. The molecule has 4 aliphatic rings. The zero-order valence-corrected chi connectivity index (χ0v) is 18.4. The number of unbranched alkanes of at least 4 members (excludes halogenated alkanes) is 1. The maximum atomic E-state index is 13.6. The molecule has 3 unspecified atom stereocenters. The monoisotopic (exact) mass is 388 g/mol. The Kier molecular flexibility index (Phi) is 5.30. The Labute approximate surface area is 171 Å². The molecular weight excluding hydrogens is 348 g/mol. The third-order valence-electron chi connectivity index (χ3n) is 9.94. The van der Waals surface area contributed by atoms with Gasteiger partial charge in [0.05, 0.1) is 6.10 Å². The summed E-state index contributed by atoms with van der Waals surface area (Å²) in [7, 11) is 0. The largest absolute Gasteiger partial charge is 0.393 e. The van der Waals surface area contributed by atoms with Gasteiger partial charge in [-0.3, -0.25) is 9.59 Å². The third-order valence-corrected chi connectivity index (χ3v) is 9.94. The van der Waals surface area contributed by atoms with E-state index in [0.29, 0.717) is 35.9 Å². The number of aliphatic hydroxyl groups is 1. The molecule has 1 N–H and O–H groups in total. The minimum atomic E-state index is -0.182. The molecule has 0 aliphatic heterocycles. The summed E-state index contributed by atoms with van der Waals surface area (Å²) in [5.74, 6) is 2.80. The van der Waals surface area contributed by atoms with E-state index in [0.717, 1.165) is 44.9 Å². The van der Waals surface area contributed by atoms with E-state index in [2.05, 4.69) is 20.8 Å². The first-order chi connectivity index (χ1) is 13.2. The molecule has 0 aromatic rings. The highest BCUT2D eigenvalue weighted by Crippen LogP contribution is 2.67. The van der Waals surface area contributed by atoms with E-state index in [-0.39, 0.29) is 34.6 Å². The van der Waals surface area contributed by atoms with E-state index in [1.54, 1.807) is 6.92 Å². The number of hydrogen-bond acceptors (Lipinski definition) is 3. The second-order valence-corrected chi connectivity index (χ2v) is 11.3. The lowest BCUT2D eigenvalue weighted by molar-refractivity contribution is -0.167. The first kappa shape index (κ1) is 20.6. The highest BCUT2D eigenvalue weighted by molar-refractivity contribution is 5.87. The predicted octanol–water partition coefficient (Wildman–Crippen LogP) is 5.19. The molecule has 4 fully saturated rings. The van der Waals surface area contributed by atoms with Gasteiger partial charge >= 0.3 is 0 Å². The van der Waals surface area contributed by atoms with Crippen LogP contribution in [0.25, 0.3) is 0 Å². The molecule has 3 heteroatoms. The van der Waals surface area contributed by atoms with Gasteiger partial charge in [-0.1, -0.05) is 33.6 Å². The van der Waals surface area contributed by atoms with Gasteiger partial charge < -0.3 is 5.11 Å². The molecule has 0 radical (unpaired) electrons. The molecule has 9 atom stereocenters. The van der Waals surface area contributed by atoms with Crippen LogP contribution in [0.15, 0.2) is 0 Å². The smallest absolute Gasteiger partial charge is 0.137 e. The van der Waals surface area contributed by atoms with Gasteiger partial charge in [-0.25, -0.2) is 0 Å². The van der Waals surface area contributed by atoms with Crippen LogP contribution >= 0.6 is 0 Å². The van der Waals surface area contributed by atoms with Crippen molar-refractivity contribution in [2.24, 2.45) is 46.3 Å². The molecule has 0 heterocycles. The van der Waals surface area contributed by atoms with Crippen LogP contribution in [0.3, 0.4) is 0 Å². The van der Waals surface area contributed by atoms with Crippen LogP contribution in [0, 0.1) is 46.3 Å². The maximum absolute atomic E-state index is 13.6. The quantitative estimate of drug-likeness (QED) is 0.721. The first-order valence-electron chi connectivity index (χ1n) is 11.9. The van der Waals surface area contributed by atoms with Crippen molar-refractivity contribution < 1.29 is 14.7 Å². The van der Waals surface area contributed by atoms with Crippen molar-refractivity contribution in [1.29, 1.82) is 0 Å².